The van der Waals surface area contributed by atoms with E-state index in [0.717, 1.165) is 16.5 Å². The maximum Gasteiger partial charge on any atom is 0.238 e. The van der Waals surface area contributed by atoms with Crippen molar-refractivity contribution < 1.29 is 9.59 Å². The predicted molar refractivity (Wildman–Crippen MR) is 86.3 cm³/mol. The third kappa shape index (κ3) is 1.75. The van der Waals surface area contributed by atoms with E-state index in [1.807, 2.05) is 55.5 Å². The number of anilines is 1. The Bertz CT molecular complexity index is 803. The zero-order valence-electron chi connectivity index (χ0n) is 12.4. The van der Waals surface area contributed by atoms with E-state index < -0.39 is 0 Å². The molecule has 0 N–H and O–H groups in total. The quantitative estimate of drug-likeness (QED) is 0.595. The molecule has 0 saturated carbocycles. The van der Waals surface area contributed by atoms with Gasteiger partial charge in [-0.25, -0.2) is 4.90 Å². The molecule has 1 fully saturated rings. The Morgan fingerprint density at radius 1 is 1.00 bits per heavy atom. The van der Waals surface area contributed by atoms with Gasteiger partial charge in [0.15, 0.2) is 0 Å². The Balaban J connectivity index is 1.86. The second kappa shape index (κ2) is 4.80. The van der Waals surface area contributed by atoms with Crippen molar-refractivity contribution in [3.8, 4) is 0 Å². The Labute approximate surface area is 129 Å². The van der Waals surface area contributed by atoms with E-state index in [1.54, 1.807) is 0 Å². The second-order valence-electron chi connectivity index (χ2n) is 6.17. The largest absolute Gasteiger partial charge is 0.274 e. The number of fused-ring (bicyclic) bond motifs is 2. The van der Waals surface area contributed by atoms with Crippen LogP contribution < -0.4 is 4.90 Å². The van der Waals surface area contributed by atoms with Crippen molar-refractivity contribution in [2.24, 2.45) is 17.8 Å². The minimum atomic E-state index is -0.212. The first-order chi connectivity index (χ1) is 10.7. The van der Waals surface area contributed by atoms with Crippen molar-refractivity contribution >= 4 is 28.3 Å². The van der Waals surface area contributed by atoms with Crippen LogP contribution in [-0.4, -0.2) is 11.8 Å². The first-order valence-corrected chi connectivity index (χ1v) is 7.70. The molecule has 1 aliphatic carbocycles. The normalized spacial score (nSPS) is 27.5. The van der Waals surface area contributed by atoms with Gasteiger partial charge in [-0.3, -0.25) is 9.59 Å². The summed E-state index contributed by atoms with van der Waals surface area (Å²) in [6, 6.07) is 13.6. The van der Waals surface area contributed by atoms with Gasteiger partial charge in [0.1, 0.15) is 0 Å². The molecule has 2 aromatic carbocycles. The van der Waals surface area contributed by atoms with Crippen molar-refractivity contribution in [2.45, 2.75) is 13.3 Å². The van der Waals surface area contributed by atoms with Crippen LogP contribution in [0, 0.1) is 17.8 Å². The number of carbonyl (C=O) groups is 2. The summed E-state index contributed by atoms with van der Waals surface area (Å²) in [6.07, 6.45) is 4.75. The summed E-state index contributed by atoms with van der Waals surface area (Å²) < 4.78 is 0. The van der Waals surface area contributed by atoms with Crippen LogP contribution in [0.5, 0.6) is 0 Å². The summed E-state index contributed by atoms with van der Waals surface area (Å²) in [4.78, 5) is 27.1. The third-order valence-electron chi connectivity index (χ3n) is 4.88. The topological polar surface area (TPSA) is 37.4 Å². The first kappa shape index (κ1) is 13.3. The Morgan fingerprint density at radius 3 is 2.59 bits per heavy atom. The highest BCUT2D eigenvalue weighted by Crippen LogP contribution is 2.41. The molecule has 1 heterocycles. The van der Waals surface area contributed by atoms with Gasteiger partial charge in [-0.2, -0.15) is 0 Å². The van der Waals surface area contributed by atoms with Crippen LogP contribution in [-0.2, 0) is 9.59 Å². The fourth-order valence-electron chi connectivity index (χ4n) is 3.79. The summed E-state index contributed by atoms with van der Waals surface area (Å²) in [6.45, 7) is 2.02. The molecule has 0 unspecified atom stereocenters. The molecule has 3 heteroatoms. The molecule has 110 valence electrons. The first-order valence-electron chi connectivity index (χ1n) is 7.70. The molecule has 2 amide bonds. The fourth-order valence-corrected chi connectivity index (χ4v) is 3.79. The lowest BCUT2D eigenvalue weighted by atomic mass is 9.78. The van der Waals surface area contributed by atoms with Gasteiger partial charge in [0, 0.05) is 5.39 Å². The maximum absolute atomic E-state index is 12.9. The Hall–Kier alpha value is -2.42. The van der Waals surface area contributed by atoms with E-state index in [0.29, 0.717) is 6.42 Å². The number of hydrogen-bond donors (Lipinski definition) is 0. The number of rotatable bonds is 1. The lowest BCUT2D eigenvalue weighted by Crippen LogP contribution is -2.31. The molecule has 1 saturated heterocycles. The fraction of sp³-hybridized carbons (Fsp3) is 0.263. The van der Waals surface area contributed by atoms with Crippen LogP contribution in [0.25, 0.3) is 10.8 Å². The number of amides is 2. The molecule has 1 aliphatic heterocycles. The highest BCUT2D eigenvalue weighted by atomic mass is 16.2. The lowest BCUT2D eigenvalue weighted by Gasteiger charge is -2.22. The number of allylic oxidation sites excluding steroid dienone is 2. The molecule has 3 nitrogen and oxygen atoms in total. The van der Waals surface area contributed by atoms with Gasteiger partial charge in [0.05, 0.1) is 17.5 Å². The van der Waals surface area contributed by atoms with E-state index in [2.05, 4.69) is 6.08 Å². The van der Waals surface area contributed by atoms with Crippen molar-refractivity contribution in [3.05, 3.63) is 54.6 Å². The minimum Gasteiger partial charge on any atom is -0.274 e. The number of hydrogen-bond acceptors (Lipinski definition) is 2. The maximum atomic E-state index is 12.9. The molecule has 4 rings (SSSR count). The van der Waals surface area contributed by atoms with Crippen LogP contribution >= 0.6 is 0 Å². The second-order valence-corrected chi connectivity index (χ2v) is 6.17. The number of imide groups is 1. The van der Waals surface area contributed by atoms with Crippen molar-refractivity contribution in [1.29, 1.82) is 0 Å². The molecule has 0 bridgehead atoms. The summed E-state index contributed by atoms with van der Waals surface area (Å²) in [5.74, 6) is -0.399. The van der Waals surface area contributed by atoms with Gasteiger partial charge >= 0.3 is 0 Å². The predicted octanol–water partition coefficient (Wildman–Crippen LogP) is 3.54. The summed E-state index contributed by atoms with van der Waals surface area (Å²) in [7, 11) is 0. The van der Waals surface area contributed by atoms with Crippen LogP contribution in [0.2, 0.25) is 0 Å². The van der Waals surface area contributed by atoms with E-state index >= 15 is 0 Å². The average Bonchev–Trinajstić information content (AvgIpc) is 2.79. The van der Waals surface area contributed by atoms with Gasteiger partial charge in [-0.05, 0) is 23.8 Å². The van der Waals surface area contributed by atoms with Crippen LogP contribution in [0.4, 0.5) is 5.69 Å². The van der Waals surface area contributed by atoms with Crippen LogP contribution in [0.1, 0.15) is 13.3 Å². The van der Waals surface area contributed by atoms with Crippen LogP contribution in [0.15, 0.2) is 54.6 Å². The molecule has 3 atom stereocenters. The highest BCUT2D eigenvalue weighted by molar-refractivity contribution is 6.25. The van der Waals surface area contributed by atoms with E-state index in [4.69, 9.17) is 0 Å². The van der Waals surface area contributed by atoms with Gasteiger partial charge in [-0.1, -0.05) is 55.5 Å². The molecule has 0 spiro atoms. The molecular formula is C19H17NO2. The monoisotopic (exact) mass is 291 g/mol. The number of carbonyl (C=O) groups excluding carboxylic acids is 2. The average molecular weight is 291 g/mol. The Morgan fingerprint density at radius 2 is 1.77 bits per heavy atom. The summed E-state index contributed by atoms with van der Waals surface area (Å²) in [5, 5.41) is 1.99. The zero-order chi connectivity index (χ0) is 15.3. The van der Waals surface area contributed by atoms with Crippen molar-refractivity contribution in [2.75, 3.05) is 4.90 Å². The molecular weight excluding hydrogens is 274 g/mol. The SMILES string of the molecule is C[C@@H]1C=CC[C@H]2C(=O)N(c3cccc4ccccc34)C(=O)[C@H]12. The standard InChI is InChI=1S/C19H17NO2/c1-12-6-4-10-15-17(12)19(22)20(18(15)21)16-11-5-8-13-7-2-3-9-14(13)16/h2-9,11-12,15,17H,10H2,1H3/t12-,15-,17-/m1/s1. The highest BCUT2D eigenvalue weighted by Gasteiger charge is 2.50. The molecule has 22 heavy (non-hydrogen) atoms. The van der Waals surface area contributed by atoms with Gasteiger partial charge in [-0.15, -0.1) is 0 Å². The van der Waals surface area contributed by atoms with E-state index in [9.17, 15) is 9.59 Å². The summed E-state index contributed by atoms with van der Waals surface area (Å²) >= 11 is 0. The molecule has 0 aromatic heterocycles. The third-order valence-corrected chi connectivity index (χ3v) is 4.88. The van der Waals surface area contributed by atoms with E-state index in [1.165, 1.54) is 4.90 Å². The van der Waals surface area contributed by atoms with Crippen LogP contribution in [0.3, 0.4) is 0 Å². The molecule has 2 aliphatic rings. The van der Waals surface area contributed by atoms with Gasteiger partial charge in [0.2, 0.25) is 11.8 Å². The van der Waals surface area contributed by atoms with Gasteiger partial charge < -0.3 is 0 Å². The Kier molecular flexibility index (Phi) is 2.89. The minimum absolute atomic E-state index is 0.0526. The smallest absolute Gasteiger partial charge is 0.238 e. The number of nitrogens with zero attached hydrogens (tertiary/aromatic N) is 1. The molecule has 2 aromatic rings. The number of benzene rings is 2. The lowest BCUT2D eigenvalue weighted by molar-refractivity contribution is -0.122. The molecule has 0 radical (unpaired) electrons. The van der Waals surface area contributed by atoms with Gasteiger partial charge in [0.25, 0.3) is 0 Å². The van der Waals surface area contributed by atoms with E-state index in [-0.39, 0.29) is 29.6 Å². The van der Waals surface area contributed by atoms with Crippen molar-refractivity contribution in [1.82, 2.24) is 0 Å². The zero-order valence-corrected chi connectivity index (χ0v) is 12.4. The summed E-state index contributed by atoms with van der Waals surface area (Å²) in [5.41, 5.74) is 0.717. The van der Waals surface area contributed by atoms with Crippen molar-refractivity contribution in [3.63, 3.8) is 0 Å².